The van der Waals surface area contributed by atoms with Gasteiger partial charge in [-0.05, 0) is 31.3 Å². The van der Waals surface area contributed by atoms with E-state index in [4.69, 9.17) is 11.6 Å². The molecule has 0 bridgehead atoms. The number of rotatable bonds is 1. The maximum absolute atomic E-state index is 9.36. The minimum absolute atomic E-state index is 0.588. The first-order valence-electron chi connectivity index (χ1n) is 6.61. The van der Waals surface area contributed by atoms with Crippen LogP contribution in [0.2, 0.25) is 5.02 Å². The van der Waals surface area contributed by atoms with Crippen LogP contribution in [0.5, 0.6) is 0 Å². The fourth-order valence-electron chi connectivity index (χ4n) is 2.53. The molecular weight excluding hydrogens is 276 g/mol. The van der Waals surface area contributed by atoms with Crippen LogP contribution in [0.4, 0.5) is 0 Å². The number of fused-ring (bicyclic) bond motifs is 1. The third-order valence-corrected chi connectivity index (χ3v) is 3.96. The molecule has 1 aliphatic rings. The standard InChI is InChI=1S/C14H17ClN4O/c1-18-4-6-19(7-5-18)14(17-20)13-9-10-8-11(15)2-3-12(10)16-13/h2-3,8-9,16,20H,4-7H2,1H3/b17-14-. The van der Waals surface area contributed by atoms with Gasteiger partial charge in [0.15, 0.2) is 5.84 Å². The highest BCUT2D eigenvalue weighted by Crippen LogP contribution is 2.21. The van der Waals surface area contributed by atoms with Crippen molar-refractivity contribution in [2.75, 3.05) is 33.2 Å². The number of amidine groups is 1. The SMILES string of the molecule is CN1CCN(/C(=N\O)c2cc3cc(Cl)ccc3[nH]2)CC1. The number of H-pyrrole nitrogens is 1. The van der Waals surface area contributed by atoms with E-state index in [1.165, 1.54) is 0 Å². The number of piperazine rings is 1. The van der Waals surface area contributed by atoms with Gasteiger partial charge in [-0.2, -0.15) is 0 Å². The molecule has 1 aromatic carbocycles. The molecule has 1 fully saturated rings. The number of aromatic amines is 1. The molecule has 20 heavy (non-hydrogen) atoms. The van der Waals surface area contributed by atoms with Gasteiger partial charge in [0.25, 0.3) is 0 Å². The van der Waals surface area contributed by atoms with Gasteiger partial charge in [-0.1, -0.05) is 16.8 Å². The zero-order valence-corrected chi connectivity index (χ0v) is 12.1. The summed E-state index contributed by atoms with van der Waals surface area (Å²) in [6.45, 7) is 3.63. The van der Waals surface area contributed by atoms with Crippen LogP contribution >= 0.6 is 11.6 Å². The second kappa shape index (κ2) is 5.34. The Labute approximate surface area is 122 Å². The van der Waals surface area contributed by atoms with Crippen molar-refractivity contribution in [2.24, 2.45) is 5.16 Å². The van der Waals surface area contributed by atoms with Crippen molar-refractivity contribution in [1.82, 2.24) is 14.8 Å². The summed E-state index contributed by atoms with van der Waals surface area (Å²) in [5.74, 6) is 0.588. The second-order valence-electron chi connectivity index (χ2n) is 5.13. The Morgan fingerprint density at radius 2 is 2.00 bits per heavy atom. The monoisotopic (exact) mass is 292 g/mol. The highest BCUT2D eigenvalue weighted by atomic mass is 35.5. The van der Waals surface area contributed by atoms with E-state index >= 15 is 0 Å². The lowest BCUT2D eigenvalue weighted by Gasteiger charge is -2.33. The number of hydrogen-bond acceptors (Lipinski definition) is 3. The molecule has 2 aromatic rings. The highest BCUT2D eigenvalue weighted by Gasteiger charge is 2.20. The normalized spacial score (nSPS) is 17.9. The fourth-order valence-corrected chi connectivity index (χ4v) is 2.71. The first kappa shape index (κ1) is 13.3. The number of nitrogens with one attached hydrogen (secondary N) is 1. The van der Waals surface area contributed by atoms with Crippen molar-refractivity contribution in [1.29, 1.82) is 0 Å². The van der Waals surface area contributed by atoms with E-state index in [1.807, 2.05) is 24.3 Å². The van der Waals surface area contributed by atoms with Gasteiger partial charge < -0.3 is 20.0 Å². The summed E-state index contributed by atoms with van der Waals surface area (Å²) in [5.41, 5.74) is 1.80. The van der Waals surface area contributed by atoms with Crippen LogP contribution in [-0.4, -0.2) is 59.1 Å². The number of aromatic nitrogens is 1. The lowest BCUT2D eigenvalue weighted by atomic mass is 10.2. The lowest BCUT2D eigenvalue weighted by molar-refractivity contribution is 0.207. The largest absolute Gasteiger partial charge is 0.409 e. The topological polar surface area (TPSA) is 54.9 Å². The molecule has 1 aliphatic heterocycles. The van der Waals surface area contributed by atoms with Gasteiger partial charge in [0, 0.05) is 42.1 Å². The summed E-state index contributed by atoms with van der Waals surface area (Å²) in [7, 11) is 2.10. The summed E-state index contributed by atoms with van der Waals surface area (Å²) in [4.78, 5) is 7.63. The number of likely N-dealkylation sites (N-methyl/N-ethyl adjacent to an activating group) is 1. The summed E-state index contributed by atoms with van der Waals surface area (Å²) < 4.78 is 0. The molecule has 0 amide bonds. The minimum Gasteiger partial charge on any atom is -0.409 e. The van der Waals surface area contributed by atoms with Crippen LogP contribution in [0.1, 0.15) is 5.69 Å². The van der Waals surface area contributed by atoms with E-state index in [-0.39, 0.29) is 0 Å². The van der Waals surface area contributed by atoms with Gasteiger partial charge >= 0.3 is 0 Å². The van der Waals surface area contributed by atoms with Crippen LogP contribution in [0.3, 0.4) is 0 Å². The Kier molecular flexibility index (Phi) is 3.54. The summed E-state index contributed by atoms with van der Waals surface area (Å²) >= 11 is 6.00. The Hall–Kier alpha value is -1.72. The van der Waals surface area contributed by atoms with E-state index in [0.29, 0.717) is 10.9 Å². The number of hydrogen-bond donors (Lipinski definition) is 2. The molecule has 0 radical (unpaired) electrons. The van der Waals surface area contributed by atoms with Crippen LogP contribution in [0, 0.1) is 0 Å². The minimum atomic E-state index is 0.588. The highest BCUT2D eigenvalue weighted by molar-refractivity contribution is 6.31. The number of benzene rings is 1. The first-order valence-corrected chi connectivity index (χ1v) is 6.99. The maximum atomic E-state index is 9.36. The molecule has 106 valence electrons. The molecule has 6 heteroatoms. The van der Waals surface area contributed by atoms with Crippen LogP contribution in [0.15, 0.2) is 29.4 Å². The zero-order valence-electron chi connectivity index (χ0n) is 11.3. The van der Waals surface area contributed by atoms with Crippen LogP contribution < -0.4 is 0 Å². The summed E-state index contributed by atoms with van der Waals surface area (Å²) in [6, 6.07) is 7.64. The molecule has 0 aliphatic carbocycles. The van der Waals surface area contributed by atoms with Crippen molar-refractivity contribution in [3.8, 4) is 0 Å². The molecule has 3 rings (SSSR count). The van der Waals surface area contributed by atoms with Crippen molar-refractivity contribution in [2.45, 2.75) is 0 Å². The zero-order chi connectivity index (χ0) is 14.1. The Morgan fingerprint density at radius 3 is 2.70 bits per heavy atom. The van der Waals surface area contributed by atoms with Crippen LogP contribution in [-0.2, 0) is 0 Å². The van der Waals surface area contributed by atoms with Gasteiger partial charge in [0.05, 0.1) is 5.69 Å². The Morgan fingerprint density at radius 1 is 1.25 bits per heavy atom. The quantitative estimate of drug-likeness (QED) is 0.367. The van der Waals surface area contributed by atoms with E-state index in [1.54, 1.807) is 0 Å². The fraction of sp³-hybridized carbons (Fsp3) is 0.357. The molecule has 0 spiro atoms. The smallest absolute Gasteiger partial charge is 0.191 e. The molecule has 0 unspecified atom stereocenters. The van der Waals surface area contributed by atoms with E-state index in [2.05, 4.69) is 27.0 Å². The van der Waals surface area contributed by atoms with Gasteiger partial charge in [0.1, 0.15) is 0 Å². The predicted octanol–water partition coefficient (Wildman–Crippen LogP) is 2.20. The Bertz CT molecular complexity index is 644. The number of halogens is 1. The number of oxime groups is 1. The molecule has 2 N–H and O–H groups in total. The van der Waals surface area contributed by atoms with Crippen molar-refractivity contribution in [3.05, 3.63) is 35.0 Å². The third kappa shape index (κ3) is 2.46. The molecule has 1 aromatic heterocycles. The molecule has 0 saturated carbocycles. The second-order valence-corrected chi connectivity index (χ2v) is 5.56. The van der Waals surface area contributed by atoms with E-state index in [9.17, 15) is 5.21 Å². The van der Waals surface area contributed by atoms with E-state index in [0.717, 1.165) is 42.8 Å². The van der Waals surface area contributed by atoms with Crippen molar-refractivity contribution >= 4 is 28.3 Å². The third-order valence-electron chi connectivity index (χ3n) is 3.72. The molecule has 5 nitrogen and oxygen atoms in total. The van der Waals surface area contributed by atoms with Gasteiger partial charge in [0.2, 0.25) is 0 Å². The first-order chi connectivity index (χ1) is 9.67. The van der Waals surface area contributed by atoms with Crippen LogP contribution in [0.25, 0.3) is 10.9 Å². The summed E-state index contributed by atoms with van der Waals surface area (Å²) in [6.07, 6.45) is 0. The molecular formula is C14H17ClN4O. The average molecular weight is 293 g/mol. The Balaban J connectivity index is 1.91. The summed E-state index contributed by atoms with van der Waals surface area (Å²) in [5, 5.41) is 14.6. The average Bonchev–Trinajstić information content (AvgIpc) is 2.84. The molecule has 0 atom stereocenters. The molecule has 2 heterocycles. The van der Waals surface area contributed by atoms with Gasteiger partial charge in [-0.3, -0.25) is 0 Å². The molecule has 1 saturated heterocycles. The maximum Gasteiger partial charge on any atom is 0.191 e. The van der Waals surface area contributed by atoms with E-state index < -0.39 is 0 Å². The van der Waals surface area contributed by atoms with Gasteiger partial charge in [-0.15, -0.1) is 0 Å². The van der Waals surface area contributed by atoms with Crippen molar-refractivity contribution < 1.29 is 5.21 Å². The predicted molar refractivity (Wildman–Crippen MR) is 80.7 cm³/mol. The van der Waals surface area contributed by atoms with Gasteiger partial charge in [-0.25, -0.2) is 0 Å². The lowest BCUT2D eigenvalue weighted by Crippen LogP contribution is -2.47. The number of nitrogens with zero attached hydrogens (tertiary/aromatic N) is 3. The van der Waals surface area contributed by atoms with Crippen molar-refractivity contribution in [3.63, 3.8) is 0 Å².